The van der Waals surface area contributed by atoms with E-state index in [1.54, 1.807) is 19.4 Å². The van der Waals surface area contributed by atoms with Crippen LogP contribution in [0.25, 0.3) is 0 Å². The van der Waals surface area contributed by atoms with Crippen molar-refractivity contribution in [2.24, 2.45) is 0 Å². The first-order valence-corrected chi connectivity index (χ1v) is 6.31. The number of hydrogen-bond acceptors (Lipinski definition) is 4. The van der Waals surface area contributed by atoms with E-state index >= 15 is 0 Å². The molecule has 4 nitrogen and oxygen atoms in total. The highest BCUT2D eigenvalue weighted by Crippen LogP contribution is 2.29. The summed E-state index contributed by atoms with van der Waals surface area (Å²) in [6.45, 7) is 2.67. The molecule has 2 aromatic rings. The Hall–Kier alpha value is -1.94. The zero-order valence-corrected chi connectivity index (χ0v) is 11.2. The summed E-state index contributed by atoms with van der Waals surface area (Å²) in [5.74, 6) is 1.65. The Morgan fingerprint density at radius 1 is 1.32 bits per heavy atom. The van der Waals surface area contributed by atoms with Gasteiger partial charge in [0.25, 0.3) is 0 Å². The van der Waals surface area contributed by atoms with E-state index in [9.17, 15) is 5.11 Å². The first-order chi connectivity index (χ1) is 9.20. The zero-order chi connectivity index (χ0) is 13.7. The molecule has 0 spiro atoms. The number of phenolic OH excluding ortho intramolecular Hbond substituents is 1. The number of ether oxygens (including phenoxy) is 1. The van der Waals surface area contributed by atoms with Gasteiger partial charge < -0.3 is 19.6 Å². The Balaban J connectivity index is 1.91. The van der Waals surface area contributed by atoms with Crippen molar-refractivity contribution in [2.75, 3.05) is 7.11 Å². The Kier molecular flexibility index (Phi) is 4.47. The van der Waals surface area contributed by atoms with E-state index in [0.29, 0.717) is 12.3 Å². The molecule has 1 aromatic carbocycles. The molecule has 0 saturated heterocycles. The second-order valence-corrected chi connectivity index (χ2v) is 4.53. The van der Waals surface area contributed by atoms with Gasteiger partial charge in [-0.2, -0.15) is 0 Å². The number of nitrogens with one attached hydrogen (secondary N) is 1. The van der Waals surface area contributed by atoms with Crippen molar-refractivity contribution in [1.82, 2.24) is 5.32 Å². The smallest absolute Gasteiger partial charge is 0.162 e. The standard InChI is InChI=1S/C15H19NO3/c1-11(9-13-6-4-8-19-13)16-10-12-5-3-7-14(18-2)15(12)17/h3-8,11,16-17H,9-10H2,1-2H3. The van der Waals surface area contributed by atoms with E-state index < -0.39 is 0 Å². The van der Waals surface area contributed by atoms with Crippen LogP contribution in [0.1, 0.15) is 18.2 Å². The molecule has 2 N–H and O–H groups in total. The van der Waals surface area contributed by atoms with Gasteiger partial charge in [-0.3, -0.25) is 0 Å². The Bertz CT molecular complexity index is 508. The molecule has 0 aliphatic carbocycles. The van der Waals surface area contributed by atoms with E-state index in [1.807, 2.05) is 24.3 Å². The summed E-state index contributed by atoms with van der Waals surface area (Å²) in [5.41, 5.74) is 0.825. The molecule has 0 saturated carbocycles. The number of furan rings is 1. The van der Waals surface area contributed by atoms with Crippen LogP contribution in [0.2, 0.25) is 0 Å². The fourth-order valence-corrected chi connectivity index (χ4v) is 1.96. The average Bonchev–Trinajstić information content (AvgIpc) is 2.90. The molecule has 0 radical (unpaired) electrons. The molecular formula is C15H19NO3. The van der Waals surface area contributed by atoms with Gasteiger partial charge in [-0.05, 0) is 25.1 Å². The number of aromatic hydroxyl groups is 1. The molecule has 2 rings (SSSR count). The van der Waals surface area contributed by atoms with E-state index in [4.69, 9.17) is 9.15 Å². The van der Waals surface area contributed by atoms with Gasteiger partial charge in [-0.25, -0.2) is 0 Å². The zero-order valence-electron chi connectivity index (χ0n) is 11.2. The summed E-state index contributed by atoms with van der Waals surface area (Å²) in [5, 5.41) is 13.3. The molecule has 1 heterocycles. The number of methoxy groups -OCH3 is 1. The highest BCUT2D eigenvalue weighted by atomic mass is 16.5. The molecule has 102 valence electrons. The van der Waals surface area contributed by atoms with Crippen molar-refractivity contribution in [2.45, 2.75) is 25.9 Å². The summed E-state index contributed by atoms with van der Waals surface area (Å²) in [4.78, 5) is 0. The van der Waals surface area contributed by atoms with Crippen molar-refractivity contribution in [3.63, 3.8) is 0 Å². The summed E-state index contributed by atoms with van der Waals surface area (Å²) < 4.78 is 10.4. The number of phenols is 1. The quantitative estimate of drug-likeness (QED) is 0.839. The minimum absolute atomic E-state index is 0.197. The fourth-order valence-electron chi connectivity index (χ4n) is 1.96. The summed E-state index contributed by atoms with van der Waals surface area (Å²) >= 11 is 0. The lowest BCUT2D eigenvalue weighted by atomic mass is 10.1. The van der Waals surface area contributed by atoms with Crippen LogP contribution in [0.3, 0.4) is 0 Å². The minimum Gasteiger partial charge on any atom is -0.504 e. The monoisotopic (exact) mass is 261 g/mol. The van der Waals surface area contributed by atoms with Crippen molar-refractivity contribution in [3.8, 4) is 11.5 Å². The van der Waals surface area contributed by atoms with Crippen LogP contribution in [0, 0.1) is 0 Å². The van der Waals surface area contributed by atoms with E-state index in [1.165, 1.54) is 0 Å². The van der Waals surface area contributed by atoms with E-state index in [0.717, 1.165) is 17.7 Å². The largest absolute Gasteiger partial charge is 0.504 e. The highest BCUT2D eigenvalue weighted by molar-refractivity contribution is 5.45. The lowest BCUT2D eigenvalue weighted by Gasteiger charge is -2.14. The van der Waals surface area contributed by atoms with Crippen LogP contribution >= 0.6 is 0 Å². The lowest BCUT2D eigenvalue weighted by molar-refractivity contribution is 0.368. The molecule has 4 heteroatoms. The predicted octanol–water partition coefficient (Wildman–Crippen LogP) is 2.71. The van der Waals surface area contributed by atoms with Crippen LogP contribution < -0.4 is 10.1 Å². The third-order valence-corrected chi connectivity index (χ3v) is 3.03. The Morgan fingerprint density at radius 3 is 2.84 bits per heavy atom. The molecule has 19 heavy (non-hydrogen) atoms. The minimum atomic E-state index is 0.197. The maximum absolute atomic E-state index is 9.97. The molecule has 1 aromatic heterocycles. The van der Waals surface area contributed by atoms with Crippen LogP contribution in [0.15, 0.2) is 41.0 Å². The normalized spacial score (nSPS) is 12.3. The van der Waals surface area contributed by atoms with Crippen LogP contribution in [-0.4, -0.2) is 18.3 Å². The third kappa shape index (κ3) is 3.51. The second kappa shape index (κ2) is 6.29. The Morgan fingerprint density at radius 2 is 2.16 bits per heavy atom. The number of para-hydroxylation sites is 1. The molecular weight excluding hydrogens is 242 g/mol. The number of rotatable bonds is 6. The van der Waals surface area contributed by atoms with Gasteiger partial charge >= 0.3 is 0 Å². The molecule has 1 atom stereocenters. The first-order valence-electron chi connectivity index (χ1n) is 6.31. The van der Waals surface area contributed by atoms with E-state index in [-0.39, 0.29) is 11.8 Å². The molecule has 0 aliphatic heterocycles. The van der Waals surface area contributed by atoms with Gasteiger partial charge in [0, 0.05) is 24.6 Å². The van der Waals surface area contributed by atoms with Gasteiger partial charge in [-0.1, -0.05) is 12.1 Å². The molecule has 1 unspecified atom stereocenters. The van der Waals surface area contributed by atoms with Crippen molar-refractivity contribution in [1.29, 1.82) is 0 Å². The summed E-state index contributed by atoms with van der Waals surface area (Å²) in [7, 11) is 1.55. The first kappa shape index (κ1) is 13.5. The molecule has 0 bridgehead atoms. The fraction of sp³-hybridized carbons (Fsp3) is 0.333. The summed E-state index contributed by atoms with van der Waals surface area (Å²) in [6.07, 6.45) is 2.49. The van der Waals surface area contributed by atoms with Gasteiger partial charge in [-0.15, -0.1) is 0 Å². The van der Waals surface area contributed by atoms with Gasteiger partial charge in [0.05, 0.1) is 13.4 Å². The van der Waals surface area contributed by atoms with Gasteiger partial charge in [0.15, 0.2) is 11.5 Å². The maximum atomic E-state index is 9.97. The highest BCUT2D eigenvalue weighted by Gasteiger charge is 2.09. The topological polar surface area (TPSA) is 54.6 Å². The lowest BCUT2D eigenvalue weighted by Crippen LogP contribution is -2.27. The van der Waals surface area contributed by atoms with E-state index in [2.05, 4.69) is 12.2 Å². The molecule has 0 fully saturated rings. The van der Waals surface area contributed by atoms with Crippen molar-refractivity contribution >= 4 is 0 Å². The Labute approximate surface area is 113 Å². The summed E-state index contributed by atoms with van der Waals surface area (Å²) in [6, 6.07) is 9.59. The predicted molar refractivity (Wildman–Crippen MR) is 73.4 cm³/mol. The van der Waals surface area contributed by atoms with Crippen molar-refractivity contribution < 1.29 is 14.3 Å². The third-order valence-electron chi connectivity index (χ3n) is 3.03. The van der Waals surface area contributed by atoms with Gasteiger partial charge in [0.2, 0.25) is 0 Å². The van der Waals surface area contributed by atoms with Crippen molar-refractivity contribution in [3.05, 3.63) is 47.9 Å². The van der Waals surface area contributed by atoms with Gasteiger partial charge in [0.1, 0.15) is 5.76 Å². The molecule has 0 aliphatic rings. The van der Waals surface area contributed by atoms with Crippen LogP contribution in [-0.2, 0) is 13.0 Å². The number of benzene rings is 1. The van der Waals surface area contributed by atoms with Crippen LogP contribution in [0.5, 0.6) is 11.5 Å². The molecule has 0 amide bonds. The SMILES string of the molecule is COc1cccc(CNC(C)Cc2ccco2)c1O. The second-order valence-electron chi connectivity index (χ2n) is 4.53. The average molecular weight is 261 g/mol. The number of hydrogen-bond donors (Lipinski definition) is 2. The maximum Gasteiger partial charge on any atom is 0.162 e. The van der Waals surface area contributed by atoms with Crippen LogP contribution in [0.4, 0.5) is 0 Å².